The maximum absolute atomic E-state index is 12.5. The number of para-hydroxylation sites is 1. The van der Waals surface area contributed by atoms with Gasteiger partial charge in [0.2, 0.25) is 0 Å². The number of amides is 2. The summed E-state index contributed by atoms with van der Waals surface area (Å²) in [5.74, 6) is 0.400. The Morgan fingerprint density at radius 1 is 1.32 bits per heavy atom. The van der Waals surface area contributed by atoms with Crippen LogP contribution in [0.1, 0.15) is 18.4 Å². The second-order valence-electron chi connectivity index (χ2n) is 6.47. The van der Waals surface area contributed by atoms with Gasteiger partial charge in [-0.1, -0.05) is 18.2 Å². The van der Waals surface area contributed by atoms with Crippen LogP contribution in [0.3, 0.4) is 0 Å². The van der Waals surface area contributed by atoms with Crippen molar-refractivity contribution in [2.24, 2.45) is 0 Å². The van der Waals surface area contributed by atoms with Crippen LogP contribution >= 0.6 is 0 Å². The van der Waals surface area contributed by atoms with Gasteiger partial charge in [-0.3, -0.25) is 0 Å². The number of nitrogens with zero attached hydrogens (tertiary/aromatic N) is 1. The lowest BCUT2D eigenvalue weighted by atomic mass is 9.95. The average molecular weight is 348 g/mol. The van der Waals surface area contributed by atoms with E-state index < -0.39 is 12.1 Å². The third-order valence-electron chi connectivity index (χ3n) is 4.93. The van der Waals surface area contributed by atoms with Crippen molar-refractivity contribution >= 4 is 12.0 Å². The van der Waals surface area contributed by atoms with Gasteiger partial charge in [0.05, 0.1) is 27.4 Å². The number of carbonyl (C=O) groups excluding carboxylic acids is 2. The van der Waals surface area contributed by atoms with Crippen LogP contribution in [0, 0.1) is 0 Å². The molecule has 1 aliphatic heterocycles. The van der Waals surface area contributed by atoms with Crippen molar-refractivity contribution in [2.45, 2.75) is 24.4 Å². The van der Waals surface area contributed by atoms with Crippen LogP contribution in [0.15, 0.2) is 24.3 Å². The highest BCUT2D eigenvalue weighted by atomic mass is 16.6. The summed E-state index contributed by atoms with van der Waals surface area (Å²) in [6.45, 7) is 1.54. The number of methoxy groups -OCH3 is 2. The Morgan fingerprint density at radius 3 is 2.76 bits per heavy atom. The fraction of sp³-hybridized carbons (Fsp3) is 0.556. The minimum Gasteiger partial charge on any atom is -0.496 e. The molecule has 1 aromatic carbocycles. The van der Waals surface area contributed by atoms with E-state index in [0.29, 0.717) is 19.7 Å². The number of hydrogen-bond donors (Lipinski definition) is 1. The third kappa shape index (κ3) is 3.71. The van der Waals surface area contributed by atoms with Crippen LogP contribution in [0.2, 0.25) is 0 Å². The Kier molecular flexibility index (Phi) is 5.13. The van der Waals surface area contributed by atoms with Gasteiger partial charge in [-0.2, -0.15) is 0 Å². The summed E-state index contributed by atoms with van der Waals surface area (Å²) >= 11 is 0. The van der Waals surface area contributed by atoms with Crippen molar-refractivity contribution in [3.63, 3.8) is 0 Å². The summed E-state index contributed by atoms with van der Waals surface area (Å²) in [6, 6.07) is 7.75. The lowest BCUT2D eigenvalue weighted by molar-refractivity contribution is -0.158. The second kappa shape index (κ2) is 7.31. The zero-order valence-corrected chi connectivity index (χ0v) is 14.6. The van der Waals surface area contributed by atoms with E-state index in [1.165, 1.54) is 7.11 Å². The summed E-state index contributed by atoms with van der Waals surface area (Å²) in [5.41, 5.74) is 1.07. The molecule has 1 heterocycles. The first-order valence-electron chi connectivity index (χ1n) is 8.45. The van der Waals surface area contributed by atoms with E-state index in [4.69, 9.17) is 9.47 Å². The van der Waals surface area contributed by atoms with E-state index in [1.807, 2.05) is 18.2 Å². The van der Waals surface area contributed by atoms with E-state index >= 15 is 0 Å². The largest absolute Gasteiger partial charge is 0.496 e. The first-order chi connectivity index (χ1) is 12.1. The molecule has 2 amide bonds. The van der Waals surface area contributed by atoms with Gasteiger partial charge in [0.1, 0.15) is 5.75 Å². The molecule has 1 N–H and O–H groups in total. The Hall–Kier alpha value is -2.28. The molecule has 1 saturated carbocycles. The summed E-state index contributed by atoms with van der Waals surface area (Å²) in [6.07, 6.45) is 1.32. The highest BCUT2D eigenvalue weighted by Gasteiger charge is 2.46. The number of ether oxygens (including phenoxy) is 3. The smallest absolute Gasteiger partial charge is 0.336 e. The van der Waals surface area contributed by atoms with Crippen LogP contribution in [0.4, 0.5) is 4.79 Å². The number of esters is 1. The molecular weight excluding hydrogens is 324 g/mol. The number of nitrogens with one attached hydrogen (secondary N) is 1. The van der Waals surface area contributed by atoms with Crippen LogP contribution in [0.25, 0.3) is 0 Å². The quantitative estimate of drug-likeness (QED) is 0.812. The number of urea groups is 1. The van der Waals surface area contributed by atoms with E-state index in [1.54, 1.807) is 12.0 Å². The number of benzene rings is 1. The van der Waals surface area contributed by atoms with E-state index in [-0.39, 0.29) is 18.0 Å². The number of rotatable bonds is 5. The van der Waals surface area contributed by atoms with Gasteiger partial charge in [0.15, 0.2) is 6.10 Å². The first kappa shape index (κ1) is 17.5. The van der Waals surface area contributed by atoms with Gasteiger partial charge >= 0.3 is 12.0 Å². The summed E-state index contributed by atoms with van der Waals surface area (Å²) in [5, 5.41) is 3.01. The Morgan fingerprint density at radius 2 is 2.08 bits per heavy atom. The predicted molar refractivity (Wildman–Crippen MR) is 90.6 cm³/mol. The molecule has 2 aliphatic rings. The van der Waals surface area contributed by atoms with Crippen molar-refractivity contribution in [1.82, 2.24) is 10.2 Å². The molecule has 3 rings (SSSR count). The van der Waals surface area contributed by atoms with Crippen LogP contribution in [-0.2, 0) is 19.7 Å². The van der Waals surface area contributed by atoms with Crippen molar-refractivity contribution in [3.8, 4) is 5.75 Å². The van der Waals surface area contributed by atoms with Gasteiger partial charge in [0, 0.05) is 24.1 Å². The zero-order chi connectivity index (χ0) is 17.9. The topological polar surface area (TPSA) is 77.1 Å². The standard InChI is InChI=1S/C18H24N2O5/c1-23-14-6-4-3-5-13(14)18(7-8-18)12-19-17(22)20-9-10-25-15(11-20)16(21)24-2/h3-6,15H,7-12H2,1-2H3,(H,19,22). The molecular formula is C18H24N2O5. The van der Waals surface area contributed by atoms with Gasteiger partial charge in [-0.15, -0.1) is 0 Å². The van der Waals surface area contributed by atoms with E-state index in [0.717, 1.165) is 24.2 Å². The highest BCUT2D eigenvalue weighted by Crippen LogP contribution is 2.50. The van der Waals surface area contributed by atoms with Gasteiger partial charge in [0.25, 0.3) is 0 Å². The number of morpholine rings is 1. The molecule has 1 aromatic rings. The highest BCUT2D eigenvalue weighted by molar-refractivity contribution is 5.78. The monoisotopic (exact) mass is 348 g/mol. The SMILES string of the molecule is COC(=O)C1CN(C(=O)NCC2(c3ccccc3OC)CC2)CCO1. The average Bonchev–Trinajstić information content (AvgIpc) is 3.46. The molecule has 0 radical (unpaired) electrons. The molecule has 1 unspecified atom stereocenters. The fourth-order valence-electron chi connectivity index (χ4n) is 3.24. The summed E-state index contributed by atoms with van der Waals surface area (Å²) < 4.78 is 15.5. The van der Waals surface area contributed by atoms with Crippen LogP contribution < -0.4 is 10.1 Å². The van der Waals surface area contributed by atoms with Gasteiger partial charge < -0.3 is 24.4 Å². The Bertz CT molecular complexity index is 644. The zero-order valence-electron chi connectivity index (χ0n) is 14.6. The van der Waals surface area contributed by atoms with Crippen molar-refractivity contribution < 1.29 is 23.8 Å². The fourth-order valence-corrected chi connectivity index (χ4v) is 3.24. The molecule has 136 valence electrons. The Labute approximate surface area is 147 Å². The molecule has 1 atom stereocenters. The number of carbonyl (C=O) groups is 2. The van der Waals surface area contributed by atoms with Gasteiger partial charge in [-0.25, -0.2) is 9.59 Å². The van der Waals surface area contributed by atoms with E-state index in [9.17, 15) is 9.59 Å². The molecule has 2 fully saturated rings. The minimum atomic E-state index is -0.714. The molecule has 0 aromatic heterocycles. The van der Waals surface area contributed by atoms with Crippen molar-refractivity contribution in [3.05, 3.63) is 29.8 Å². The molecule has 1 saturated heterocycles. The third-order valence-corrected chi connectivity index (χ3v) is 4.93. The maximum Gasteiger partial charge on any atom is 0.336 e. The van der Waals surface area contributed by atoms with Crippen molar-refractivity contribution in [2.75, 3.05) is 40.5 Å². The van der Waals surface area contributed by atoms with Crippen LogP contribution in [-0.4, -0.2) is 63.5 Å². The summed E-state index contributed by atoms with van der Waals surface area (Å²) in [4.78, 5) is 25.7. The predicted octanol–water partition coefficient (Wildman–Crippen LogP) is 1.31. The second-order valence-corrected chi connectivity index (χ2v) is 6.47. The lowest BCUT2D eigenvalue weighted by Gasteiger charge is -2.32. The van der Waals surface area contributed by atoms with Gasteiger partial charge in [-0.05, 0) is 18.9 Å². The first-order valence-corrected chi connectivity index (χ1v) is 8.45. The molecule has 7 nitrogen and oxygen atoms in total. The molecule has 7 heteroatoms. The van der Waals surface area contributed by atoms with Crippen molar-refractivity contribution in [1.29, 1.82) is 0 Å². The Balaban J connectivity index is 1.60. The summed E-state index contributed by atoms with van der Waals surface area (Å²) in [7, 11) is 2.98. The molecule has 0 spiro atoms. The normalized spacial score (nSPS) is 21.4. The van der Waals surface area contributed by atoms with Crippen LogP contribution in [0.5, 0.6) is 5.75 Å². The minimum absolute atomic E-state index is 0.0592. The molecule has 25 heavy (non-hydrogen) atoms. The molecule has 0 bridgehead atoms. The lowest BCUT2D eigenvalue weighted by Crippen LogP contribution is -2.52. The van der Waals surface area contributed by atoms with E-state index in [2.05, 4.69) is 16.1 Å². The maximum atomic E-state index is 12.5. The molecule has 1 aliphatic carbocycles. The number of hydrogen-bond acceptors (Lipinski definition) is 5.